The normalized spacial score (nSPS) is 22.5. The highest BCUT2D eigenvalue weighted by atomic mass is 32.1. The van der Waals surface area contributed by atoms with E-state index in [1.807, 2.05) is 22.3 Å². The highest BCUT2D eigenvalue weighted by molar-refractivity contribution is 7.09. The molecule has 0 aliphatic carbocycles. The van der Waals surface area contributed by atoms with Crippen molar-refractivity contribution in [3.8, 4) is 11.5 Å². The van der Waals surface area contributed by atoms with Gasteiger partial charge in [-0.15, -0.1) is 11.3 Å². The number of ether oxygens (including phenoxy) is 2. The number of benzene rings is 1. The molecule has 3 aliphatic heterocycles. The van der Waals surface area contributed by atoms with Gasteiger partial charge in [-0.25, -0.2) is 0 Å². The number of fused-ring (bicyclic) bond motifs is 1. The molecular weight excluding hydrogens is 410 g/mol. The fraction of sp³-hybridized carbons (Fsp3) is 0.542. The van der Waals surface area contributed by atoms with Crippen LogP contribution in [0.3, 0.4) is 0 Å². The van der Waals surface area contributed by atoms with Crippen molar-refractivity contribution in [1.29, 1.82) is 0 Å². The second-order valence-electron chi connectivity index (χ2n) is 8.62. The molecule has 166 valence electrons. The van der Waals surface area contributed by atoms with Crippen LogP contribution in [0.1, 0.15) is 35.7 Å². The Kier molecular flexibility index (Phi) is 6.43. The van der Waals surface area contributed by atoms with Crippen LogP contribution in [0.25, 0.3) is 0 Å². The van der Waals surface area contributed by atoms with Crippen molar-refractivity contribution in [2.24, 2.45) is 0 Å². The minimum absolute atomic E-state index is 0.261. The standard InChI is InChI=1S/C24H31N3O3S/c28-24(26-11-9-25(10-12-26)17-20-4-2-15-31-20)18-27-8-1-5-21(27)19-6-7-22-23(16-19)30-14-3-13-29-22/h2,4,6-7,15-16,21H,1,3,5,8-14,17-18H2. The monoisotopic (exact) mass is 441 g/mol. The highest BCUT2D eigenvalue weighted by Crippen LogP contribution is 2.37. The lowest BCUT2D eigenvalue weighted by Gasteiger charge is -2.36. The van der Waals surface area contributed by atoms with E-state index in [0.717, 1.165) is 70.0 Å². The average molecular weight is 442 g/mol. The summed E-state index contributed by atoms with van der Waals surface area (Å²) in [5, 5.41) is 2.13. The molecule has 4 heterocycles. The summed E-state index contributed by atoms with van der Waals surface area (Å²) in [5.74, 6) is 1.94. The molecule has 0 radical (unpaired) electrons. The number of carbonyl (C=O) groups is 1. The Morgan fingerprint density at radius 1 is 1.00 bits per heavy atom. The van der Waals surface area contributed by atoms with Crippen molar-refractivity contribution in [2.45, 2.75) is 31.8 Å². The zero-order chi connectivity index (χ0) is 21.0. The van der Waals surface area contributed by atoms with E-state index in [1.54, 1.807) is 0 Å². The zero-order valence-electron chi connectivity index (χ0n) is 18.0. The van der Waals surface area contributed by atoms with Gasteiger partial charge in [0.1, 0.15) is 0 Å². The van der Waals surface area contributed by atoms with Gasteiger partial charge >= 0.3 is 0 Å². The molecule has 7 heteroatoms. The fourth-order valence-electron chi connectivity index (χ4n) is 4.83. The first-order chi connectivity index (χ1) is 15.3. The molecule has 0 saturated carbocycles. The predicted molar refractivity (Wildman–Crippen MR) is 122 cm³/mol. The highest BCUT2D eigenvalue weighted by Gasteiger charge is 2.31. The quantitative estimate of drug-likeness (QED) is 0.712. The van der Waals surface area contributed by atoms with Gasteiger partial charge in [0.25, 0.3) is 0 Å². The Morgan fingerprint density at radius 3 is 2.65 bits per heavy atom. The van der Waals surface area contributed by atoms with E-state index >= 15 is 0 Å². The third kappa shape index (κ3) is 4.89. The van der Waals surface area contributed by atoms with Gasteiger partial charge in [-0.05, 0) is 48.5 Å². The van der Waals surface area contributed by atoms with Crippen molar-refractivity contribution in [3.63, 3.8) is 0 Å². The zero-order valence-corrected chi connectivity index (χ0v) is 18.8. The van der Waals surface area contributed by atoms with Crippen molar-refractivity contribution in [2.75, 3.05) is 52.5 Å². The van der Waals surface area contributed by atoms with Crippen LogP contribution >= 0.6 is 11.3 Å². The van der Waals surface area contributed by atoms with E-state index in [4.69, 9.17) is 9.47 Å². The maximum absolute atomic E-state index is 13.1. The van der Waals surface area contributed by atoms with Crippen LogP contribution in [0.2, 0.25) is 0 Å². The van der Waals surface area contributed by atoms with Crippen molar-refractivity contribution in [3.05, 3.63) is 46.2 Å². The number of carbonyl (C=O) groups excluding carboxylic acids is 1. The summed E-state index contributed by atoms with van der Waals surface area (Å²) in [4.78, 5) is 21.3. The van der Waals surface area contributed by atoms with Crippen LogP contribution in [-0.4, -0.2) is 73.1 Å². The maximum atomic E-state index is 13.1. The first-order valence-corrected chi connectivity index (χ1v) is 12.3. The number of piperazine rings is 1. The Morgan fingerprint density at radius 2 is 1.84 bits per heavy atom. The second kappa shape index (κ2) is 9.59. The summed E-state index contributed by atoms with van der Waals surface area (Å²) < 4.78 is 11.7. The fourth-order valence-corrected chi connectivity index (χ4v) is 5.58. The molecule has 0 bridgehead atoms. The molecule has 2 aromatic rings. The van der Waals surface area contributed by atoms with Gasteiger partial charge in [0.2, 0.25) is 5.91 Å². The molecule has 1 atom stereocenters. The smallest absolute Gasteiger partial charge is 0.236 e. The van der Waals surface area contributed by atoms with Crippen LogP contribution in [-0.2, 0) is 11.3 Å². The van der Waals surface area contributed by atoms with E-state index in [0.29, 0.717) is 19.8 Å². The Labute approximate surface area is 188 Å². The lowest BCUT2D eigenvalue weighted by molar-refractivity contribution is -0.134. The lowest BCUT2D eigenvalue weighted by atomic mass is 10.0. The number of hydrogen-bond acceptors (Lipinski definition) is 6. The molecule has 2 saturated heterocycles. The first-order valence-electron chi connectivity index (χ1n) is 11.4. The van der Waals surface area contributed by atoms with E-state index < -0.39 is 0 Å². The van der Waals surface area contributed by atoms with E-state index in [2.05, 4.69) is 39.4 Å². The second-order valence-corrected chi connectivity index (χ2v) is 9.65. The van der Waals surface area contributed by atoms with Gasteiger partial charge in [0, 0.05) is 50.1 Å². The van der Waals surface area contributed by atoms with Gasteiger partial charge in [-0.2, -0.15) is 0 Å². The molecular formula is C24H31N3O3S. The van der Waals surface area contributed by atoms with Crippen LogP contribution < -0.4 is 9.47 Å². The number of thiophene rings is 1. The summed E-state index contributed by atoms with van der Waals surface area (Å²) in [5.41, 5.74) is 1.23. The number of likely N-dealkylation sites (tertiary alicyclic amines) is 1. The topological polar surface area (TPSA) is 45.3 Å². The molecule has 0 spiro atoms. The van der Waals surface area contributed by atoms with Crippen LogP contribution in [0, 0.1) is 0 Å². The van der Waals surface area contributed by atoms with Crippen molar-refractivity contribution >= 4 is 17.2 Å². The molecule has 31 heavy (non-hydrogen) atoms. The summed E-state index contributed by atoms with van der Waals surface area (Å²) in [7, 11) is 0. The van der Waals surface area contributed by atoms with Gasteiger partial charge in [-0.3, -0.25) is 14.6 Å². The summed E-state index contributed by atoms with van der Waals surface area (Å²) in [6.07, 6.45) is 3.12. The van der Waals surface area contributed by atoms with Gasteiger partial charge in [-0.1, -0.05) is 12.1 Å². The molecule has 6 nitrogen and oxygen atoms in total. The van der Waals surface area contributed by atoms with Gasteiger partial charge in [0.05, 0.1) is 19.8 Å². The van der Waals surface area contributed by atoms with E-state index in [1.165, 1.54) is 10.4 Å². The third-order valence-corrected chi connectivity index (χ3v) is 7.40. The molecule has 1 aromatic heterocycles. The van der Waals surface area contributed by atoms with E-state index in [-0.39, 0.29) is 11.9 Å². The Balaban J connectivity index is 1.17. The SMILES string of the molecule is O=C(CN1CCCC1c1ccc2c(c1)OCCCO2)N1CCN(Cc2cccs2)CC1. The predicted octanol–water partition coefficient (Wildman–Crippen LogP) is 3.39. The van der Waals surface area contributed by atoms with Gasteiger partial charge in [0.15, 0.2) is 11.5 Å². The number of hydrogen-bond donors (Lipinski definition) is 0. The van der Waals surface area contributed by atoms with E-state index in [9.17, 15) is 4.79 Å². The molecule has 1 aromatic carbocycles. The minimum atomic E-state index is 0.261. The third-order valence-electron chi connectivity index (χ3n) is 6.54. The van der Waals surface area contributed by atoms with Crippen LogP contribution in [0.4, 0.5) is 0 Å². The summed E-state index contributed by atoms with van der Waals surface area (Å²) in [6.45, 7) is 7.44. The first kappa shape index (κ1) is 20.8. The number of amides is 1. The molecule has 2 fully saturated rings. The van der Waals surface area contributed by atoms with Crippen molar-refractivity contribution < 1.29 is 14.3 Å². The van der Waals surface area contributed by atoms with Crippen molar-refractivity contribution in [1.82, 2.24) is 14.7 Å². The maximum Gasteiger partial charge on any atom is 0.236 e. The van der Waals surface area contributed by atoms with Crippen LogP contribution in [0.5, 0.6) is 11.5 Å². The number of nitrogens with zero attached hydrogens (tertiary/aromatic N) is 3. The molecule has 1 amide bonds. The average Bonchev–Trinajstić information content (AvgIpc) is 3.41. The molecule has 3 aliphatic rings. The molecule has 1 unspecified atom stereocenters. The van der Waals surface area contributed by atoms with Crippen LogP contribution in [0.15, 0.2) is 35.7 Å². The number of rotatable bonds is 5. The van der Waals surface area contributed by atoms with Gasteiger partial charge < -0.3 is 14.4 Å². The summed E-state index contributed by atoms with van der Waals surface area (Å²) >= 11 is 1.81. The largest absolute Gasteiger partial charge is 0.490 e. The Bertz CT molecular complexity index is 880. The molecule has 0 N–H and O–H groups in total. The minimum Gasteiger partial charge on any atom is -0.490 e. The Hall–Kier alpha value is -2.09. The lowest BCUT2D eigenvalue weighted by Crippen LogP contribution is -2.50. The molecule has 5 rings (SSSR count). The summed E-state index contributed by atoms with van der Waals surface area (Å²) in [6, 6.07) is 10.9.